The molecule has 0 unspecified atom stereocenters. The highest BCUT2D eigenvalue weighted by atomic mass is 16.6. The summed E-state index contributed by atoms with van der Waals surface area (Å²) in [4.78, 5) is 12.3. The SMILES string of the molecule is COc1ccc2ccc(OC(=O)[C@H](C)Oc3cccc(C)c3)cc2c1. The fraction of sp³-hybridized carbons (Fsp3) is 0.190. The number of rotatable bonds is 5. The van der Waals surface area contributed by atoms with Crippen LogP contribution in [0.25, 0.3) is 10.8 Å². The maximum Gasteiger partial charge on any atom is 0.352 e. The van der Waals surface area contributed by atoms with Crippen LogP contribution in [0.15, 0.2) is 60.7 Å². The maximum atomic E-state index is 12.3. The summed E-state index contributed by atoms with van der Waals surface area (Å²) >= 11 is 0. The van der Waals surface area contributed by atoms with Crippen molar-refractivity contribution in [2.75, 3.05) is 7.11 Å². The van der Waals surface area contributed by atoms with E-state index in [2.05, 4.69) is 0 Å². The molecule has 0 N–H and O–H groups in total. The number of esters is 1. The summed E-state index contributed by atoms with van der Waals surface area (Å²) in [7, 11) is 1.62. The second-order valence-electron chi connectivity index (χ2n) is 5.87. The van der Waals surface area contributed by atoms with Crippen molar-refractivity contribution in [1.29, 1.82) is 0 Å². The topological polar surface area (TPSA) is 44.8 Å². The van der Waals surface area contributed by atoms with Gasteiger partial charge in [0.15, 0.2) is 6.10 Å². The molecule has 0 saturated heterocycles. The van der Waals surface area contributed by atoms with Gasteiger partial charge in [0, 0.05) is 0 Å². The molecule has 0 spiro atoms. The van der Waals surface area contributed by atoms with Crippen LogP contribution in [0.3, 0.4) is 0 Å². The van der Waals surface area contributed by atoms with Gasteiger partial charge >= 0.3 is 5.97 Å². The molecular formula is C21H20O4. The van der Waals surface area contributed by atoms with Gasteiger partial charge in [-0.3, -0.25) is 0 Å². The Morgan fingerprint density at radius 1 is 0.880 bits per heavy atom. The number of carbonyl (C=O) groups is 1. The molecule has 0 amide bonds. The van der Waals surface area contributed by atoms with E-state index in [1.54, 1.807) is 20.1 Å². The van der Waals surface area contributed by atoms with E-state index in [1.165, 1.54) is 0 Å². The van der Waals surface area contributed by atoms with Gasteiger partial charge in [0.1, 0.15) is 17.2 Å². The summed E-state index contributed by atoms with van der Waals surface area (Å²) < 4.78 is 16.3. The summed E-state index contributed by atoms with van der Waals surface area (Å²) in [6.07, 6.45) is -0.706. The van der Waals surface area contributed by atoms with Crippen LogP contribution < -0.4 is 14.2 Å². The van der Waals surface area contributed by atoms with Crippen molar-refractivity contribution in [1.82, 2.24) is 0 Å². The maximum absolute atomic E-state index is 12.3. The Morgan fingerprint density at radius 2 is 1.60 bits per heavy atom. The number of methoxy groups -OCH3 is 1. The van der Waals surface area contributed by atoms with Crippen molar-refractivity contribution in [2.45, 2.75) is 20.0 Å². The van der Waals surface area contributed by atoms with Crippen molar-refractivity contribution >= 4 is 16.7 Å². The van der Waals surface area contributed by atoms with Crippen LogP contribution >= 0.6 is 0 Å². The van der Waals surface area contributed by atoms with Gasteiger partial charge in [-0.1, -0.05) is 24.3 Å². The van der Waals surface area contributed by atoms with Gasteiger partial charge in [0.2, 0.25) is 0 Å². The molecule has 0 heterocycles. The first kappa shape index (κ1) is 16.8. The Morgan fingerprint density at radius 3 is 2.32 bits per heavy atom. The molecular weight excluding hydrogens is 316 g/mol. The van der Waals surface area contributed by atoms with Gasteiger partial charge in [-0.25, -0.2) is 4.79 Å². The van der Waals surface area contributed by atoms with Gasteiger partial charge in [-0.15, -0.1) is 0 Å². The Hall–Kier alpha value is -3.01. The fourth-order valence-electron chi connectivity index (χ4n) is 2.53. The molecule has 0 aromatic heterocycles. The van der Waals surface area contributed by atoms with E-state index < -0.39 is 12.1 Å². The minimum Gasteiger partial charge on any atom is -0.497 e. The van der Waals surface area contributed by atoms with Gasteiger partial charge in [-0.2, -0.15) is 0 Å². The summed E-state index contributed by atoms with van der Waals surface area (Å²) in [5.41, 5.74) is 1.07. The largest absolute Gasteiger partial charge is 0.497 e. The van der Waals surface area contributed by atoms with Crippen LogP contribution in [-0.4, -0.2) is 19.2 Å². The number of fused-ring (bicyclic) bond motifs is 1. The van der Waals surface area contributed by atoms with E-state index in [4.69, 9.17) is 14.2 Å². The number of benzene rings is 3. The molecule has 1 atom stereocenters. The highest BCUT2D eigenvalue weighted by Crippen LogP contribution is 2.25. The first-order chi connectivity index (χ1) is 12.0. The van der Waals surface area contributed by atoms with Crippen molar-refractivity contribution in [3.8, 4) is 17.2 Å². The van der Waals surface area contributed by atoms with Crippen molar-refractivity contribution in [3.63, 3.8) is 0 Å². The quantitative estimate of drug-likeness (QED) is 0.507. The molecule has 4 nitrogen and oxygen atoms in total. The number of ether oxygens (including phenoxy) is 3. The predicted molar refractivity (Wildman–Crippen MR) is 97.4 cm³/mol. The van der Waals surface area contributed by atoms with Gasteiger partial charge < -0.3 is 14.2 Å². The molecule has 3 aromatic carbocycles. The molecule has 3 aromatic rings. The van der Waals surface area contributed by atoms with Crippen molar-refractivity contribution in [3.05, 3.63) is 66.2 Å². The molecule has 0 radical (unpaired) electrons. The molecule has 0 bridgehead atoms. The lowest BCUT2D eigenvalue weighted by Crippen LogP contribution is -2.28. The number of carbonyl (C=O) groups excluding carboxylic acids is 1. The van der Waals surface area contributed by atoms with Crippen LogP contribution in [0.2, 0.25) is 0 Å². The average molecular weight is 336 g/mol. The number of hydrogen-bond donors (Lipinski definition) is 0. The monoisotopic (exact) mass is 336 g/mol. The summed E-state index contributed by atoms with van der Waals surface area (Å²) in [6.45, 7) is 3.65. The minimum absolute atomic E-state index is 0.441. The van der Waals surface area contributed by atoms with Crippen LogP contribution in [-0.2, 0) is 4.79 Å². The molecule has 0 aliphatic rings. The normalized spacial score (nSPS) is 11.8. The zero-order valence-electron chi connectivity index (χ0n) is 14.5. The molecule has 0 saturated carbocycles. The summed E-state index contributed by atoms with van der Waals surface area (Å²) in [5, 5.41) is 1.99. The molecule has 3 rings (SSSR count). The Bertz CT molecular complexity index is 901. The Labute approximate surface area is 146 Å². The Kier molecular flexibility index (Phi) is 4.89. The second-order valence-corrected chi connectivity index (χ2v) is 5.87. The first-order valence-corrected chi connectivity index (χ1v) is 8.08. The number of hydrogen-bond acceptors (Lipinski definition) is 4. The van der Waals surface area contributed by atoms with E-state index >= 15 is 0 Å². The van der Waals surface area contributed by atoms with Gasteiger partial charge in [0.05, 0.1) is 7.11 Å². The van der Waals surface area contributed by atoms with Crippen LogP contribution in [0.4, 0.5) is 0 Å². The summed E-state index contributed by atoms with van der Waals surface area (Å²) in [5.74, 6) is 1.44. The Balaban J connectivity index is 1.72. The molecule has 4 heteroatoms. The zero-order valence-corrected chi connectivity index (χ0v) is 14.5. The third kappa shape index (κ3) is 4.10. The van der Waals surface area contributed by atoms with Crippen LogP contribution in [0, 0.1) is 6.92 Å². The highest BCUT2D eigenvalue weighted by Gasteiger charge is 2.17. The first-order valence-electron chi connectivity index (χ1n) is 8.08. The molecule has 0 aliphatic heterocycles. The molecule has 0 fully saturated rings. The van der Waals surface area contributed by atoms with Crippen molar-refractivity contribution < 1.29 is 19.0 Å². The van der Waals surface area contributed by atoms with Gasteiger partial charge in [-0.05, 0) is 66.6 Å². The van der Waals surface area contributed by atoms with E-state index in [0.29, 0.717) is 11.5 Å². The standard InChI is InChI=1S/C21H20O4/c1-14-5-4-6-19(11-14)24-15(2)21(22)25-20-10-8-16-7-9-18(23-3)12-17(16)13-20/h4-13,15H,1-3H3/t15-/m0/s1. The van der Waals surface area contributed by atoms with E-state index in [9.17, 15) is 4.79 Å². The minimum atomic E-state index is -0.706. The highest BCUT2D eigenvalue weighted by molar-refractivity contribution is 5.86. The van der Waals surface area contributed by atoms with E-state index in [0.717, 1.165) is 22.1 Å². The molecule has 0 aliphatic carbocycles. The average Bonchev–Trinajstić information content (AvgIpc) is 2.61. The molecule has 128 valence electrons. The van der Waals surface area contributed by atoms with Gasteiger partial charge in [0.25, 0.3) is 0 Å². The lowest BCUT2D eigenvalue weighted by atomic mass is 10.1. The third-order valence-electron chi connectivity index (χ3n) is 3.87. The van der Waals surface area contributed by atoms with Crippen LogP contribution in [0.5, 0.6) is 17.2 Å². The van der Waals surface area contributed by atoms with E-state index in [-0.39, 0.29) is 0 Å². The van der Waals surface area contributed by atoms with Crippen LogP contribution in [0.1, 0.15) is 12.5 Å². The van der Waals surface area contributed by atoms with E-state index in [1.807, 2.05) is 61.5 Å². The lowest BCUT2D eigenvalue weighted by Gasteiger charge is -2.14. The third-order valence-corrected chi connectivity index (χ3v) is 3.87. The predicted octanol–water partition coefficient (Wildman–Crippen LogP) is 4.53. The molecule has 25 heavy (non-hydrogen) atoms. The lowest BCUT2D eigenvalue weighted by molar-refractivity contribution is -0.141. The zero-order chi connectivity index (χ0) is 17.8. The number of aryl methyl sites for hydroxylation is 1. The second kappa shape index (κ2) is 7.26. The van der Waals surface area contributed by atoms with Crippen molar-refractivity contribution in [2.24, 2.45) is 0 Å². The summed E-state index contributed by atoms with van der Waals surface area (Å²) in [6, 6.07) is 18.8. The fourth-order valence-corrected chi connectivity index (χ4v) is 2.53. The smallest absolute Gasteiger partial charge is 0.352 e.